The molecule has 2 aromatic carbocycles. The number of allylic oxidation sites excluding steroid dienone is 1. The number of rotatable bonds is 7. The van der Waals surface area contributed by atoms with Crippen molar-refractivity contribution in [3.8, 4) is 5.75 Å². The van der Waals surface area contributed by atoms with Gasteiger partial charge in [0.1, 0.15) is 11.5 Å². The van der Waals surface area contributed by atoms with E-state index in [0.29, 0.717) is 49.1 Å². The van der Waals surface area contributed by atoms with E-state index in [1.54, 1.807) is 13.2 Å². The van der Waals surface area contributed by atoms with Crippen LogP contribution in [-0.4, -0.2) is 66.7 Å². The van der Waals surface area contributed by atoms with E-state index in [9.17, 15) is 22.6 Å². The second kappa shape index (κ2) is 14.9. The smallest absolute Gasteiger partial charge is 0.285 e. The molecule has 51 heavy (non-hydrogen) atoms. The lowest BCUT2D eigenvalue weighted by atomic mass is 9.68. The highest BCUT2D eigenvalue weighted by atomic mass is 35.5. The van der Waals surface area contributed by atoms with Crippen LogP contribution in [0.15, 0.2) is 52.9 Å². The molecule has 2 aliphatic heterocycles. The molecule has 276 valence electrons. The van der Waals surface area contributed by atoms with Gasteiger partial charge in [0.15, 0.2) is 0 Å². The van der Waals surface area contributed by atoms with E-state index < -0.39 is 22.1 Å². The minimum Gasteiger partial charge on any atom is -0.490 e. The number of hydrogen-bond donors (Lipinski definition) is 0. The van der Waals surface area contributed by atoms with Crippen LogP contribution in [0.2, 0.25) is 5.02 Å². The number of ether oxygens (including phenoxy) is 2. The van der Waals surface area contributed by atoms with Crippen LogP contribution in [-0.2, 0) is 31.1 Å². The number of Topliss-reactive ketones (excluding diaryl/α,β-unsaturated/α-hetero) is 1. The molecule has 2 aromatic rings. The van der Waals surface area contributed by atoms with Gasteiger partial charge in [-0.1, -0.05) is 36.7 Å². The number of amides is 1. The monoisotopic (exact) mass is 742 g/mol. The first kappa shape index (κ1) is 36.5. The van der Waals surface area contributed by atoms with Gasteiger partial charge in [-0.15, -0.1) is 0 Å². The highest BCUT2D eigenvalue weighted by Gasteiger charge is 2.45. The zero-order valence-corrected chi connectivity index (χ0v) is 31.1. The average molecular weight is 743 g/mol. The molecule has 7 rings (SSSR count). The fraction of sp³-hybridized carbons (Fsp3) is 0.600. The number of halogens is 3. The largest absolute Gasteiger partial charge is 0.490 e. The minimum absolute atomic E-state index is 0.0682. The molecule has 5 aliphatic rings. The van der Waals surface area contributed by atoms with Crippen LogP contribution in [0.4, 0.5) is 14.5 Å². The average Bonchev–Trinajstić information content (AvgIpc) is 3.81. The molecule has 2 heterocycles. The molecule has 7 nitrogen and oxygen atoms in total. The number of carbonyl (C=O) groups is 2. The number of fused-ring (bicyclic) bond motifs is 4. The van der Waals surface area contributed by atoms with E-state index in [0.717, 1.165) is 49.4 Å². The van der Waals surface area contributed by atoms with Gasteiger partial charge in [0.25, 0.3) is 5.91 Å². The molecule has 11 heteroatoms. The van der Waals surface area contributed by atoms with E-state index in [2.05, 4.69) is 33.5 Å². The van der Waals surface area contributed by atoms with Gasteiger partial charge in [-0.3, -0.25) is 9.59 Å². The lowest BCUT2D eigenvalue weighted by molar-refractivity contribution is -0.117. The summed E-state index contributed by atoms with van der Waals surface area (Å²) in [5, 5.41) is 0.729. The topological polar surface area (TPSA) is 85.3 Å². The third-order valence-corrected chi connectivity index (χ3v) is 14.6. The maximum atomic E-state index is 14.5. The maximum absolute atomic E-state index is 14.5. The van der Waals surface area contributed by atoms with Crippen LogP contribution < -0.4 is 9.64 Å². The van der Waals surface area contributed by atoms with Crippen molar-refractivity contribution in [1.82, 2.24) is 0 Å². The Morgan fingerprint density at radius 3 is 2.80 bits per heavy atom. The Bertz CT molecular complexity index is 1810. The second-order valence-electron chi connectivity index (χ2n) is 15.9. The van der Waals surface area contributed by atoms with Gasteiger partial charge in [-0.2, -0.15) is 4.36 Å². The summed E-state index contributed by atoms with van der Waals surface area (Å²) in [5.41, 5.74) is 3.35. The molecule has 2 fully saturated rings. The molecular formula is C40H49ClF2N2O5S. The summed E-state index contributed by atoms with van der Waals surface area (Å²) in [6.45, 7) is 3.92. The first-order chi connectivity index (χ1) is 24.4. The van der Waals surface area contributed by atoms with Gasteiger partial charge >= 0.3 is 0 Å². The van der Waals surface area contributed by atoms with Gasteiger partial charge in [-0.25, -0.2) is 13.0 Å². The van der Waals surface area contributed by atoms with Crippen molar-refractivity contribution in [3.05, 3.63) is 70.3 Å². The third-order valence-electron chi connectivity index (χ3n) is 12.0. The Morgan fingerprint density at radius 2 is 2.04 bits per heavy atom. The number of nitrogens with zero attached hydrogens (tertiary/aromatic N) is 2. The zero-order chi connectivity index (χ0) is 35.9. The lowest BCUT2D eigenvalue weighted by Crippen LogP contribution is -2.49. The van der Waals surface area contributed by atoms with Crippen molar-refractivity contribution in [2.45, 2.75) is 82.7 Å². The number of hydrogen-bond acceptors (Lipinski definition) is 6. The summed E-state index contributed by atoms with van der Waals surface area (Å²) in [5.74, 6) is -0.210. The van der Waals surface area contributed by atoms with Crippen LogP contribution in [0, 0.1) is 29.6 Å². The van der Waals surface area contributed by atoms with Gasteiger partial charge in [0.05, 0.1) is 33.9 Å². The fourth-order valence-electron chi connectivity index (χ4n) is 9.15. The lowest BCUT2D eigenvalue weighted by Gasteiger charge is -2.46. The van der Waals surface area contributed by atoms with Crippen molar-refractivity contribution < 1.29 is 32.1 Å². The molecule has 0 radical (unpaired) electrons. The van der Waals surface area contributed by atoms with Crippen LogP contribution in [0.25, 0.3) is 0 Å². The summed E-state index contributed by atoms with van der Waals surface area (Å²) in [4.78, 5) is 29.6. The minimum atomic E-state index is -3.29. The summed E-state index contributed by atoms with van der Waals surface area (Å²) < 4.78 is 57.3. The highest BCUT2D eigenvalue weighted by Crippen LogP contribution is 2.48. The Morgan fingerprint density at radius 1 is 1.20 bits per heavy atom. The first-order valence-corrected chi connectivity index (χ1v) is 20.7. The van der Waals surface area contributed by atoms with Crippen LogP contribution in [0.1, 0.15) is 79.8 Å². The Balaban J connectivity index is 1.24. The van der Waals surface area contributed by atoms with Crippen molar-refractivity contribution >= 4 is 38.7 Å². The number of ketones is 1. The highest BCUT2D eigenvalue weighted by molar-refractivity contribution is 7.94. The second-order valence-corrected chi connectivity index (χ2v) is 18.6. The SMILES string of the molecule is CO[C@H]1/C=C/C[C@H](C)C[S@@](=O)(CC(=O)C[C@@H]2C[C@H]2CC(F)F)=NC(=O)c2ccc3c(c2)N(C[C@@H]2CC[C@H]21)C[C@@]1(CCCc2cc(Cl)ccc21)CO3. The van der Waals surface area contributed by atoms with Crippen molar-refractivity contribution in [2.75, 3.05) is 43.2 Å². The van der Waals surface area contributed by atoms with E-state index in [4.69, 9.17) is 21.1 Å². The summed E-state index contributed by atoms with van der Waals surface area (Å²) in [6, 6.07) is 11.5. The number of carbonyl (C=O) groups excluding carboxylic acids is 2. The third kappa shape index (κ3) is 8.08. The summed E-state index contributed by atoms with van der Waals surface area (Å²) >= 11 is 6.44. The number of methoxy groups -OCH3 is 1. The molecule has 3 aliphatic carbocycles. The van der Waals surface area contributed by atoms with Gasteiger partial charge in [-0.05, 0) is 116 Å². The Labute approximate surface area is 305 Å². The van der Waals surface area contributed by atoms with Gasteiger partial charge in [0, 0.05) is 54.8 Å². The Kier molecular flexibility index (Phi) is 10.7. The molecule has 0 saturated heterocycles. The van der Waals surface area contributed by atoms with E-state index >= 15 is 0 Å². The number of anilines is 1. The normalized spacial score (nSPS) is 34.0. The fourth-order valence-corrected chi connectivity index (χ4v) is 11.7. The molecule has 1 amide bonds. The molecule has 0 aromatic heterocycles. The molecule has 2 saturated carbocycles. The van der Waals surface area contributed by atoms with E-state index in [1.165, 1.54) is 11.1 Å². The van der Waals surface area contributed by atoms with E-state index in [-0.39, 0.29) is 59.4 Å². The van der Waals surface area contributed by atoms with Gasteiger partial charge < -0.3 is 14.4 Å². The standard InChI is InChI=1S/C40H49ClF2N2O5S/c1-25-5-3-7-36(49-2)33-11-8-28(33)20-45-23-40(14-4-6-26-16-31(41)10-12-34(26)40)24-50-37-13-9-27(18-35(37)45)39(47)44-51(48,21-25)22-32(46)17-29-15-30(29)19-38(42)43/h3,7,9-10,12-13,16,18,25,28-30,33,36,38H,4-6,8,11,14-15,17,19-24H2,1-2H3/b7-3+/t25-,28-,29-,30-,33+,36-,40-,51+/m0/s1. The molecular weight excluding hydrogens is 694 g/mol. The zero-order valence-electron chi connectivity index (χ0n) is 29.5. The van der Waals surface area contributed by atoms with Crippen LogP contribution >= 0.6 is 11.6 Å². The molecule has 0 N–H and O–H groups in total. The van der Waals surface area contributed by atoms with E-state index in [1.807, 2.05) is 25.1 Å². The Hall–Kier alpha value is -2.82. The number of benzene rings is 2. The number of aryl methyl sites for hydroxylation is 1. The van der Waals surface area contributed by atoms with Crippen LogP contribution in [0.5, 0.6) is 5.75 Å². The predicted octanol–water partition coefficient (Wildman–Crippen LogP) is 8.31. The molecule has 8 atom stereocenters. The van der Waals surface area contributed by atoms with Gasteiger partial charge in [0.2, 0.25) is 6.43 Å². The van der Waals surface area contributed by atoms with Crippen molar-refractivity contribution in [3.63, 3.8) is 0 Å². The molecule has 0 unspecified atom stereocenters. The quantitative estimate of drug-likeness (QED) is 0.266. The maximum Gasteiger partial charge on any atom is 0.285 e. The molecule has 1 spiro atoms. The van der Waals surface area contributed by atoms with Crippen LogP contribution in [0.3, 0.4) is 0 Å². The predicted molar refractivity (Wildman–Crippen MR) is 197 cm³/mol. The van der Waals surface area contributed by atoms with Crippen molar-refractivity contribution in [1.29, 1.82) is 0 Å². The molecule has 2 bridgehead atoms. The van der Waals surface area contributed by atoms with Crippen molar-refractivity contribution in [2.24, 2.45) is 34.0 Å². The first-order valence-electron chi connectivity index (χ1n) is 18.5. The summed E-state index contributed by atoms with van der Waals surface area (Å²) in [6.07, 6.45) is 7.84. The number of alkyl halides is 2. The summed E-state index contributed by atoms with van der Waals surface area (Å²) in [7, 11) is -1.54.